The Labute approximate surface area is 171 Å². The van der Waals surface area contributed by atoms with E-state index < -0.39 is 0 Å². The number of carbonyl (C=O) groups excluding carboxylic acids is 1. The van der Waals surface area contributed by atoms with Gasteiger partial charge in [-0.3, -0.25) is 9.69 Å². The molecule has 1 aliphatic rings. The number of thiocarbonyl (C=S) groups is 1. The first-order valence-electron chi connectivity index (χ1n) is 8.22. The average Bonchev–Trinajstić information content (AvgIpc) is 3.22. The second-order valence-electron chi connectivity index (χ2n) is 6.03. The Balaban J connectivity index is 1.62. The maximum absolute atomic E-state index is 12.8. The molecule has 6 heteroatoms. The van der Waals surface area contributed by atoms with Crippen LogP contribution in [0.4, 0.5) is 5.69 Å². The van der Waals surface area contributed by atoms with Crippen molar-refractivity contribution >= 4 is 57.6 Å². The monoisotopic (exact) mass is 411 g/mol. The molecule has 2 heterocycles. The Morgan fingerprint density at radius 3 is 2.56 bits per heavy atom. The first-order valence-corrected chi connectivity index (χ1v) is 9.82. The maximum atomic E-state index is 12.8. The number of aryl methyl sites for hydroxylation is 1. The molecule has 3 aromatic rings. The molecule has 0 aliphatic carbocycles. The SMILES string of the molecule is Cc1ccc(N2C(=O)/C(=C\c3ccc(-c4ccccc4Cl)o3)SC2=S)cc1. The first kappa shape index (κ1) is 18.0. The fourth-order valence-electron chi connectivity index (χ4n) is 2.75. The van der Waals surface area contributed by atoms with Crippen LogP contribution >= 0.6 is 35.6 Å². The molecule has 0 N–H and O–H groups in total. The number of anilines is 1. The number of nitrogens with zero attached hydrogens (tertiary/aromatic N) is 1. The van der Waals surface area contributed by atoms with Crippen molar-refractivity contribution in [3.63, 3.8) is 0 Å². The number of hydrogen-bond acceptors (Lipinski definition) is 4. The maximum Gasteiger partial charge on any atom is 0.270 e. The highest BCUT2D eigenvalue weighted by Crippen LogP contribution is 2.37. The van der Waals surface area contributed by atoms with Crippen molar-refractivity contribution in [3.05, 3.63) is 81.9 Å². The standard InChI is InChI=1S/C21H14ClNO2S2/c1-13-6-8-14(9-7-13)23-20(24)19(27-21(23)26)12-15-10-11-18(25-15)16-4-2-3-5-17(16)22/h2-12H,1H3/b19-12+. The Morgan fingerprint density at radius 1 is 1.07 bits per heavy atom. The molecule has 0 atom stereocenters. The van der Waals surface area contributed by atoms with Crippen LogP contribution in [0.15, 0.2) is 70.0 Å². The minimum atomic E-state index is -0.149. The zero-order chi connectivity index (χ0) is 19.0. The molecule has 0 unspecified atom stereocenters. The van der Waals surface area contributed by atoms with Crippen LogP contribution in [-0.2, 0) is 4.79 Å². The van der Waals surface area contributed by atoms with Gasteiger partial charge in [0.05, 0.1) is 15.6 Å². The summed E-state index contributed by atoms with van der Waals surface area (Å²) in [5.74, 6) is 1.08. The molecule has 1 aliphatic heterocycles. The van der Waals surface area contributed by atoms with Gasteiger partial charge in [0.15, 0.2) is 4.32 Å². The lowest BCUT2D eigenvalue weighted by Crippen LogP contribution is -2.27. The molecular weight excluding hydrogens is 398 g/mol. The van der Waals surface area contributed by atoms with Crippen LogP contribution in [0.3, 0.4) is 0 Å². The van der Waals surface area contributed by atoms with E-state index >= 15 is 0 Å². The largest absolute Gasteiger partial charge is 0.457 e. The average molecular weight is 412 g/mol. The number of carbonyl (C=O) groups is 1. The van der Waals surface area contributed by atoms with Gasteiger partial charge in [0.1, 0.15) is 11.5 Å². The molecule has 1 amide bonds. The highest BCUT2D eigenvalue weighted by atomic mass is 35.5. The number of amides is 1. The number of hydrogen-bond donors (Lipinski definition) is 0. The van der Waals surface area contributed by atoms with Gasteiger partial charge in [-0.15, -0.1) is 0 Å². The molecule has 0 saturated carbocycles. The predicted octanol–water partition coefficient (Wildman–Crippen LogP) is 6.31. The fraction of sp³-hybridized carbons (Fsp3) is 0.0476. The van der Waals surface area contributed by atoms with Gasteiger partial charge in [-0.1, -0.05) is 65.4 Å². The summed E-state index contributed by atoms with van der Waals surface area (Å²) in [5.41, 5.74) is 2.70. The quantitative estimate of drug-likeness (QED) is 0.373. The highest BCUT2D eigenvalue weighted by molar-refractivity contribution is 8.27. The van der Waals surface area contributed by atoms with Crippen LogP contribution in [0.5, 0.6) is 0 Å². The topological polar surface area (TPSA) is 33.5 Å². The van der Waals surface area contributed by atoms with Gasteiger partial charge >= 0.3 is 0 Å². The Morgan fingerprint density at radius 2 is 1.81 bits per heavy atom. The van der Waals surface area contributed by atoms with E-state index in [9.17, 15) is 4.79 Å². The van der Waals surface area contributed by atoms with Gasteiger partial charge in [0, 0.05) is 11.6 Å². The van der Waals surface area contributed by atoms with Crippen LogP contribution in [0.25, 0.3) is 17.4 Å². The third kappa shape index (κ3) is 3.58. The fourth-order valence-corrected chi connectivity index (χ4v) is 4.26. The highest BCUT2D eigenvalue weighted by Gasteiger charge is 2.33. The van der Waals surface area contributed by atoms with Gasteiger partial charge in [0.25, 0.3) is 5.91 Å². The van der Waals surface area contributed by atoms with Crippen molar-refractivity contribution in [2.45, 2.75) is 6.92 Å². The van der Waals surface area contributed by atoms with Crippen LogP contribution in [0.1, 0.15) is 11.3 Å². The lowest BCUT2D eigenvalue weighted by atomic mass is 10.2. The van der Waals surface area contributed by atoms with Crippen molar-refractivity contribution in [1.29, 1.82) is 0 Å². The molecule has 27 heavy (non-hydrogen) atoms. The first-order chi connectivity index (χ1) is 13.0. The summed E-state index contributed by atoms with van der Waals surface area (Å²) in [7, 11) is 0. The van der Waals surface area contributed by atoms with Gasteiger partial charge in [0.2, 0.25) is 0 Å². The second kappa shape index (κ2) is 7.35. The molecule has 1 saturated heterocycles. The molecule has 4 rings (SSSR count). The lowest BCUT2D eigenvalue weighted by Gasteiger charge is -2.14. The molecule has 2 aromatic carbocycles. The van der Waals surface area contributed by atoms with E-state index in [1.165, 1.54) is 11.8 Å². The number of thioether (sulfide) groups is 1. The van der Waals surface area contributed by atoms with Crippen LogP contribution < -0.4 is 4.90 Å². The minimum Gasteiger partial charge on any atom is -0.457 e. The third-order valence-electron chi connectivity index (χ3n) is 4.13. The second-order valence-corrected chi connectivity index (χ2v) is 8.12. The van der Waals surface area contributed by atoms with Crippen molar-refractivity contribution in [2.24, 2.45) is 0 Å². The van der Waals surface area contributed by atoms with Crippen LogP contribution in [-0.4, -0.2) is 10.2 Å². The van der Waals surface area contributed by atoms with E-state index in [2.05, 4.69) is 0 Å². The zero-order valence-corrected chi connectivity index (χ0v) is 16.7. The summed E-state index contributed by atoms with van der Waals surface area (Å²) < 4.78 is 6.37. The summed E-state index contributed by atoms with van der Waals surface area (Å²) in [6.45, 7) is 2.00. The van der Waals surface area contributed by atoms with Crippen molar-refractivity contribution < 1.29 is 9.21 Å². The van der Waals surface area contributed by atoms with Crippen LogP contribution in [0.2, 0.25) is 5.02 Å². The van der Waals surface area contributed by atoms with Crippen molar-refractivity contribution in [3.8, 4) is 11.3 Å². The minimum absolute atomic E-state index is 0.149. The van der Waals surface area contributed by atoms with Gasteiger partial charge < -0.3 is 4.42 Å². The summed E-state index contributed by atoms with van der Waals surface area (Å²) in [6.07, 6.45) is 1.72. The number of rotatable bonds is 3. The van der Waals surface area contributed by atoms with Gasteiger partial charge in [-0.2, -0.15) is 0 Å². The molecular formula is C21H14ClNO2S2. The molecule has 0 spiro atoms. The Bertz CT molecular complexity index is 1070. The number of furan rings is 1. The van der Waals surface area contributed by atoms with E-state index in [-0.39, 0.29) is 5.91 Å². The number of benzene rings is 2. The van der Waals surface area contributed by atoms with E-state index in [1.807, 2.05) is 67.6 Å². The normalized spacial score (nSPS) is 15.8. The summed E-state index contributed by atoms with van der Waals surface area (Å²) in [6, 6.07) is 18.8. The van der Waals surface area contributed by atoms with Crippen LogP contribution in [0, 0.1) is 6.92 Å². The Hall–Kier alpha value is -2.34. The predicted molar refractivity (Wildman–Crippen MR) is 116 cm³/mol. The summed E-state index contributed by atoms with van der Waals surface area (Å²) in [5, 5.41) is 0.615. The summed E-state index contributed by atoms with van der Waals surface area (Å²) >= 11 is 12.9. The molecule has 134 valence electrons. The third-order valence-corrected chi connectivity index (χ3v) is 5.76. The van der Waals surface area contributed by atoms with Crippen molar-refractivity contribution in [1.82, 2.24) is 0 Å². The molecule has 3 nitrogen and oxygen atoms in total. The summed E-state index contributed by atoms with van der Waals surface area (Å²) in [4.78, 5) is 14.9. The van der Waals surface area contributed by atoms with Gasteiger partial charge in [-0.05, 0) is 43.3 Å². The smallest absolute Gasteiger partial charge is 0.270 e. The molecule has 0 radical (unpaired) electrons. The van der Waals surface area contributed by atoms with E-state index in [1.54, 1.807) is 11.0 Å². The van der Waals surface area contributed by atoms with Crippen molar-refractivity contribution in [2.75, 3.05) is 4.90 Å². The molecule has 1 aromatic heterocycles. The zero-order valence-electron chi connectivity index (χ0n) is 14.3. The van der Waals surface area contributed by atoms with E-state index in [0.29, 0.717) is 25.8 Å². The lowest BCUT2D eigenvalue weighted by molar-refractivity contribution is -0.113. The van der Waals surface area contributed by atoms with E-state index in [0.717, 1.165) is 16.8 Å². The van der Waals surface area contributed by atoms with Gasteiger partial charge in [-0.25, -0.2) is 0 Å². The van der Waals surface area contributed by atoms with E-state index in [4.69, 9.17) is 28.2 Å². The molecule has 0 bridgehead atoms. The Kier molecular flexibility index (Phi) is 4.91. The number of halogens is 1. The molecule has 1 fully saturated rings.